The quantitative estimate of drug-likeness (QED) is 0.248. The van der Waals surface area contributed by atoms with Crippen molar-refractivity contribution in [3.05, 3.63) is 83.4 Å². The first-order valence-corrected chi connectivity index (χ1v) is 19.0. The molecular formula is C43H59NO10. The number of carbonyl (C=O) groups is 4. The highest BCUT2D eigenvalue weighted by Crippen LogP contribution is 2.38. The topological polar surface area (TPSA) is 138 Å². The van der Waals surface area contributed by atoms with Gasteiger partial charge in [0.2, 0.25) is 0 Å². The molecule has 2 aliphatic rings. The maximum atomic E-state index is 14.4. The third kappa shape index (κ3) is 9.92. The minimum Gasteiger partial charge on any atom is -0.458 e. The number of esters is 2. The zero-order chi connectivity index (χ0) is 40.0. The Bertz CT molecular complexity index is 1630. The number of likely N-dealkylation sites (N-methyl/N-ethyl adjacent to an activating group) is 1. The fourth-order valence-electron chi connectivity index (χ4n) is 7.94. The van der Waals surface area contributed by atoms with E-state index in [0.717, 1.165) is 5.56 Å². The molecule has 1 N–H and O–H groups in total. The molecule has 0 aromatic heterocycles. The molecule has 1 fully saturated rings. The highest BCUT2D eigenvalue weighted by atomic mass is 16.7. The largest absolute Gasteiger partial charge is 0.458 e. The number of carbonyl (C=O) groups excluding carboxylic acids is 4. The molecular weight excluding hydrogens is 690 g/mol. The maximum absolute atomic E-state index is 14.4. The zero-order valence-corrected chi connectivity index (χ0v) is 33.4. The Kier molecular flexibility index (Phi) is 14.5. The average molecular weight is 750 g/mol. The van der Waals surface area contributed by atoms with Gasteiger partial charge >= 0.3 is 11.9 Å². The van der Waals surface area contributed by atoms with Crippen molar-refractivity contribution >= 4 is 23.5 Å². The number of aliphatic hydroxyl groups is 1. The molecule has 2 heterocycles. The van der Waals surface area contributed by atoms with Gasteiger partial charge in [-0.2, -0.15) is 0 Å². The van der Waals surface area contributed by atoms with Gasteiger partial charge in [-0.15, -0.1) is 0 Å². The van der Waals surface area contributed by atoms with Crippen molar-refractivity contribution in [3.8, 4) is 0 Å². The summed E-state index contributed by atoms with van der Waals surface area (Å²) in [6, 6.07) is 17.6. The summed E-state index contributed by atoms with van der Waals surface area (Å²) in [5.41, 5.74) is -1.60. The van der Waals surface area contributed by atoms with Crippen molar-refractivity contribution < 1.29 is 48.0 Å². The lowest BCUT2D eigenvalue weighted by atomic mass is 9.76. The number of nitrogens with zero attached hydrogens (tertiary/aromatic N) is 1. The molecule has 0 unspecified atom stereocenters. The second kappa shape index (κ2) is 18.3. The summed E-state index contributed by atoms with van der Waals surface area (Å²) < 4.78 is 31.5. The minimum absolute atomic E-state index is 0.0762. The van der Waals surface area contributed by atoms with Crippen LogP contribution in [0.15, 0.2) is 72.3 Å². The Morgan fingerprint density at radius 3 is 2.17 bits per heavy atom. The van der Waals surface area contributed by atoms with Gasteiger partial charge in [0.05, 0.1) is 29.4 Å². The number of hydrogen-bond donors (Lipinski definition) is 1. The van der Waals surface area contributed by atoms with E-state index in [1.54, 1.807) is 65.0 Å². The van der Waals surface area contributed by atoms with Crippen LogP contribution in [0.2, 0.25) is 0 Å². The van der Waals surface area contributed by atoms with Gasteiger partial charge in [0.1, 0.15) is 17.6 Å². The lowest BCUT2D eigenvalue weighted by molar-refractivity contribution is -0.294. The normalized spacial score (nSPS) is 35.4. The van der Waals surface area contributed by atoms with Crippen LogP contribution in [0.1, 0.15) is 83.7 Å². The molecule has 0 radical (unpaired) electrons. The Balaban J connectivity index is 1.79. The lowest BCUT2D eigenvalue weighted by Crippen LogP contribution is -2.60. The summed E-state index contributed by atoms with van der Waals surface area (Å²) in [5.74, 6) is -5.00. The standard InChI is InChI=1S/C43H59NO10/c1-11-34-43(49,25-31-18-14-12-15-19-31)24-27(3)35(45)26(2)23-42(7,50-10)38(29(5)36(46)30(6)39(47)52-34)54-41-37(33(44(8)9)22-28(4)51-41)53-40(48)32-20-16-13-17-21-32/h12-21,24,26,28-30,33-34,37-38,41,49H,11,22-23,25H2,1-10H3/b27-24+/t26-,28-,29+,30-,33+,34-,37-,38-,41+,42+,43-/m1/s1. The predicted octanol–water partition coefficient (Wildman–Crippen LogP) is 5.76. The molecule has 0 aliphatic carbocycles. The number of rotatable bonds is 9. The Morgan fingerprint density at radius 1 is 0.981 bits per heavy atom. The van der Waals surface area contributed by atoms with Gasteiger partial charge in [-0.3, -0.25) is 14.4 Å². The Morgan fingerprint density at radius 2 is 1.59 bits per heavy atom. The van der Waals surface area contributed by atoms with E-state index >= 15 is 0 Å². The van der Waals surface area contributed by atoms with E-state index in [0.29, 0.717) is 17.6 Å². The molecule has 11 nitrogen and oxygen atoms in total. The third-order valence-corrected chi connectivity index (χ3v) is 11.1. The van der Waals surface area contributed by atoms with Crippen molar-refractivity contribution in [2.24, 2.45) is 17.8 Å². The van der Waals surface area contributed by atoms with Crippen LogP contribution in [-0.4, -0.2) is 103 Å². The van der Waals surface area contributed by atoms with E-state index in [1.165, 1.54) is 20.1 Å². The van der Waals surface area contributed by atoms with Gasteiger partial charge in [-0.25, -0.2) is 4.79 Å². The molecule has 11 atom stereocenters. The van der Waals surface area contributed by atoms with Gasteiger partial charge in [-0.1, -0.05) is 69.3 Å². The smallest absolute Gasteiger partial charge is 0.338 e. The minimum atomic E-state index is -1.75. The summed E-state index contributed by atoms with van der Waals surface area (Å²) in [7, 11) is 5.26. The first-order chi connectivity index (χ1) is 25.4. The molecule has 2 aliphatic heterocycles. The summed E-state index contributed by atoms with van der Waals surface area (Å²) in [5, 5.41) is 12.2. The second-order valence-electron chi connectivity index (χ2n) is 15.6. The number of methoxy groups -OCH3 is 1. The highest BCUT2D eigenvalue weighted by Gasteiger charge is 2.51. The monoisotopic (exact) mass is 749 g/mol. The second-order valence-corrected chi connectivity index (χ2v) is 15.6. The van der Waals surface area contributed by atoms with Gasteiger partial charge in [0, 0.05) is 25.4 Å². The van der Waals surface area contributed by atoms with E-state index in [4.69, 9.17) is 23.7 Å². The van der Waals surface area contributed by atoms with Crippen LogP contribution in [0.25, 0.3) is 0 Å². The number of cyclic esters (lactones) is 1. The van der Waals surface area contributed by atoms with Gasteiger partial charge in [-0.05, 0) is 90.4 Å². The van der Waals surface area contributed by atoms with Crippen molar-refractivity contribution in [1.82, 2.24) is 4.90 Å². The van der Waals surface area contributed by atoms with E-state index in [2.05, 4.69) is 0 Å². The number of ether oxygens (including phenoxy) is 5. The number of ketones is 2. The first kappa shape index (κ1) is 43.0. The van der Waals surface area contributed by atoms with Crippen LogP contribution in [-0.2, 0) is 44.5 Å². The molecule has 2 aromatic rings. The number of allylic oxidation sites excluding steroid dienone is 1. The maximum Gasteiger partial charge on any atom is 0.338 e. The molecule has 54 heavy (non-hydrogen) atoms. The Hall–Kier alpha value is -3.74. The molecule has 296 valence electrons. The van der Waals surface area contributed by atoms with Crippen LogP contribution in [0.5, 0.6) is 0 Å². The van der Waals surface area contributed by atoms with Crippen molar-refractivity contribution in [1.29, 1.82) is 0 Å². The van der Waals surface area contributed by atoms with Crippen molar-refractivity contribution in [2.75, 3.05) is 21.2 Å². The number of hydrogen-bond acceptors (Lipinski definition) is 11. The predicted molar refractivity (Wildman–Crippen MR) is 204 cm³/mol. The molecule has 0 amide bonds. The van der Waals surface area contributed by atoms with Crippen molar-refractivity contribution in [2.45, 2.75) is 122 Å². The zero-order valence-electron chi connectivity index (χ0n) is 33.4. The van der Waals surface area contributed by atoms with Crippen LogP contribution in [0.4, 0.5) is 0 Å². The summed E-state index contributed by atoms with van der Waals surface area (Å²) in [6.07, 6.45) is -2.08. The molecule has 11 heteroatoms. The van der Waals surface area contributed by atoms with Crippen LogP contribution in [0, 0.1) is 17.8 Å². The molecule has 0 bridgehead atoms. The highest BCUT2D eigenvalue weighted by molar-refractivity contribution is 6.00. The molecule has 0 saturated carbocycles. The molecule has 0 spiro atoms. The fourth-order valence-corrected chi connectivity index (χ4v) is 7.94. The Labute approximate surface area is 320 Å². The van der Waals surface area contributed by atoms with Gasteiger partial charge in [0.15, 0.2) is 24.0 Å². The SMILES string of the molecule is CC[C@H]1OC(=O)[C@H](C)C(=O)[C@H](C)[C@@H](O[C@@H]2O[C@H](C)C[C@H](N(C)C)[C@H]2OC(=O)c2ccccc2)[C@@](C)(OC)C[C@@H](C)C(=O)/C(C)=C/[C@@]1(O)Cc1ccccc1. The number of Topliss-reactive ketones (excluding diaryl/α,β-unsaturated/α-hetero) is 2. The lowest BCUT2D eigenvalue weighted by Gasteiger charge is -2.47. The average Bonchev–Trinajstić information content (AvgIpc) is 3.15. The summed E-state index contributed by atoms with van der Waals surface area (Å²) in [6.45, 7) is 12.0. The van der Waals surface area contributed by atoms with E-state index in [9.17, 15) is 24.3 Å². The van der Waals surface area contributed by atoms with Gasteiger partial charge < -0.3 is 33.7 Å². The van der Waals surface area contributed by atoms with E-state index < -0.39 is 71.3 Å². The molecule has 1 saturated heterocycles. The fraction of sp³-hybridized carbons (Fsp3) is 0.581. The van der Waals surface area contributed by atoms with Gasteiger partial charge in [0.25, 0.3) is 0 Å². The summed E-state index contributed by atoms with van der Waals surface area (Å²) >= 11 is 0. The third-order valence-electron chi connectivity index (χ3n) is 11.1. The van der Waals surface area contributed by atoms with Crippen LogP contribution in [0.3, 0.4) is 0 Å². The van der Waals surface area contributed by atoms with Crippen LogP contribution < -0.4 is 0 Å². The van der Waals surface area contributed by atoms with E-state index in [1.807, 2.05) is 56.3 Å². The van der Waals surface area contributed by atoms with Crippen molar-refractivity contribution in [3.63, 3.8) is 0 Å². The summed E-state index contributed by atoms with van der Waals surface area (Å²) in [4.78, 5) is 57.8. The molecule has 4 rings (SSSR count). The first-order valence-electron chi connectivity index (χ1n) is 19.0. The molecule has 2 aromatic carbocycles. The number of benzene rings is 2. The van der Waals surface area contributed by atoms with E-state index in [-0.39, 0.29) is 37.2 Å². The van der Waals surface area contributed by atoms with Crippen LogP contribution >= 0.6 is 0 Å².